The third-order valence-electron chi connectivity index (χ3n) is 4.00. The first-order chi connectivity index (χ1) is 11.7. The van der Waals surface area contributed by atoms with Gasteiger partial charge in [0, 0.05) is 5.56 Å². The lowest BCUT2D eigenvalue weighted by molar-refractivity contribution is 0.329. The molecular weight excluding hydrogens is 322 g/mol. The van der Waals surface area contributed by atoms with E-state index in [1.807, 2.05) is 6.92 Å². The van der Waals surface area contributed by atoms with Gasteiger partial charge >= 0.3 is 0 Å². The van der Waals surface area contributed by atoms with Crippen LogP contribution in [0.1, 0.15) is 43.4 Å². The number of unbranched alkanes of at least 4 members (excludes halogenated alkanes) is 1. The van der Waals surface area contributed by atoms with Gasteiger partial charge in [-0.25, -0.2) is 9.97 Å². The number of aromatic nitrogens is 2. The van der Waals surface area contributed by atoms with Gasteiger partial charge in [-0.1, -0.05) is 44.0 Å². The highest BCUT2D eigenvalue weighted by molar-refractivity contribution is 6.30. The van der Waals surface area contributed by atoms with Crippen molar-refractivity contribution in [3.63, 3.8) is 0 Å². The Balaban J connectivity index is 1.88. The maximum Gasteiger partial charge on any atom is 0.137 e. The normalized spacial score (nSPS) is 10.7. The number of aryl methyl sites for hydroxylation is 2. The van der Waals surface area contributed by atoms with Crippen LogP contribution in [0, 0.1) is 6.92 Å². The van der Waals surface area contributed by atoms with Crippen molar-refractivity contribution in [2.75, 3.05) is 18.5 Å². The fourth-order valence-electron chi connectivity index (χ4n) is 2.52. The van der Waals surface area contributed by atoms with Crippen molar-refractivity contribution in [1.82, 2.24) is 9.97 Å². The highest BCUT2D eigenvalue weighted by Gasteiger charge is 2.06. The number of halogens is 1. The van der Waals surface area contributed by atoms with Crippen molar-refractivity contribution in [2.45, 2.75) is 46.5 Å². The molecule has 1 heterocycles. The molecule has 130 valence electrons. The van der Waals surface area contributed by atoms with Crippen LogP contribution in [0.2, 0.25) is 5.15 Å². The van der Waals surface area contributed by atoms with Crippen molar-refractivity contribution in [3.8, 4) is 5.75 Å². The number of hydrogen-bond donors (Lipinski definition) is 1. The van der Waals surface area contributed by atoms with Gasteiger partial charge in [0.15, 0.2) is 0 Å². The number of anilines is 1. The van der Waals surface area contributed by atoms with E-state index >= 15 is 0 Å². The van der Waals surface area contributed by atoms with Gasteiger partial charge in [-0.05, 0) is 43.4 Å². The number of rotatable bonds is 9. The third kappa shape index (κ3) is 5.10. The molecule has 0 fully saturated rings. The predicted molar refractivity (Wildman–Crippen MR) is 100 cm³/mol. The monoisotopic (exact) mass is 347 g/mol. The second-order valence-electron chi connectivity index (χ2n) is 5.81. The Labute approximate surface area is 149 Å². The molecule has 0 saturated carbocycles. The molecule has 0 saturated heterocycles. The molecule has 0 amide bonds. The number of benzene rings is 1. The molecule has 2 rings (SSSR count). The Morgan fingerprint density at radius 2 is 2.04 bits per heavy atom. The molecule has 0 unspecified atom stereocenters. The molecule has 0 atom stereocenters. The van der Waals surface area contributed by atoms with E-state index in [0.29, 0.717) is 18.3 Å². The Kier molecular flexibility index (Phi) is 7.32. The maximum atomic E-state index is 5.99. The first-order valence-electron chi connectivity index (χ1n) is 8.61. The average molecular weight is 348 g/mol. The molecule has 0 bridgehead atoms. The van der Waals surface area contributed by atoms with Gasteiger partial charge in [0.25, 0.3) is 0 Å². The summed E-state index contributed by atoms with van der Waals surface area (Å²) in [6.07, 6.45) is 6.02. The summed E-state index contributed by atoms with van der Waals surface area (Å²) in [5, 5.41) is 3.72. The molecular formula is C19H26ClN3O. The molecule has 1 aromatic heterocycles. The van der Waals surface area contributed by atoms with Crippen LogP contribution in [0.25, 0.3) is 0 Å². The summed E-state index contributed by atoms with van der Waals surface area (Å²) >= 11 is 5.99. The first kappa shape index (κ1) is 18.5. The average Bonchev–Trinajstić information content (AvgIpc) is 2.60. The van der Waals surface area contributed by atoms with Gasteiger partial charge in [-0.3, -0.25) is 0 Å². The van der Waals surface area contributed by atoms with E-state index in [2.05, 4.69) is 47.3 Å². The van der Waals surface area contributed by atoms with Crippen molar-refractivity contribution >= 4 is 17.4 Å². The van der Waals surface area contributed by atoms with E-state index in [9.17, 15) is 0 Å². The highest BCUT2D eigenvalue weighted by atomic mass is 35.5. The summed E-state index contributed by atoms with van der Waals surface area (Å²) in [7, 11) is 0. The van der Waals surface area contributed by atoms with Crippen LogP contribution in [-0.4, -0.2) is 23.1 Å². The zero-order chi connectivity index (χ0) is 17.4. The van der Waals surface area contributed by atoms with E-state index in [1.165, 1.54) is 30.3 Å². The molecule has 0 aliphatic rings. The fourth-order valence-corrected chi connectivity index (χ4v) is 2.66. The SMILES string of the molecule is CCCCc1ccc(OCCNc2ncnc(Cl)c2C)c(CC)c1. The van der Waals surface area contributed by atoms with Crippen molar-refractivity contribution in [3.05, 3.63) is 46.4 Å². The standard InChI is InChI=1S/C19H26ClN3O/c1-4-6-7-15-8-9-17(16(5-2)12-15)24-11-10-21-19-14(3)18(20)22-13-23-19/h8-9,12-13H,4-7,10-11H2,1-3H3,(H,21,22,23). The van der Waals surface area contributed by atoms with Gasteiger partial charge < -0.3 is 10.1 Å². The number of nitrogens with zero attached hydrogens (tertiary/aromatic N) is 2. The molecule has 0 aliphatic carbocycles. The lowest BCUT2D eigenvalue weighted by Crippen LogP contribution is -2.14. The molecule has 1 aromatic carbocycles. The highest BCUT2D eigenvalue weighted by Crippen LogP contribution is 2.22. The maximum absolute atomic E-state index is 5.99. The molecule has 0 radical (unpaired) electrons. The Morgan fingerprint density at radius 1 is 1.21 bits per heavy atom. The second-order valence-corrected chi connectivity index (χ2v) is 6.17. The van der Waals surface area contributed by atoms with Crippen molar-refractivity contribution in [1.29, 1.82) is 0 Å². The van der Waals surface area contributed by atoms with Crippen molar-refractivity contribution in [2.24, 2.45) is 0 Å². The van der Waals surface area contributed by atoms with E-state index in [4.69, 9.17) is 16.3 Å². The van der Waals surface area contributed by atoms with E-state index in [0.717, 1.165) is 30.0 Å². The van der Waals surface area contributed by atoms with Crippen LogP contribution in [-0.2, 0) is 12.8 Å². The largest absolute Gasteiger partial charge is 0.491 e. The van der Waals surface area contributed by atoms with Gasteiger partial charge in [-0.2, -0.15) is 0 Å². The number of nitrogens with one attached hydrogen (secondary N) is 1. The van der Waals surface area contributed by atoms with Gasteiger partial charge in [0.1, 0.15) is 29.7 Å². The van der Waals surface area contributed by atoms with Crippen LogP contribution in [0.3, 0.4) is 0 Å². The Hall–Kier alpha value is -1.81. The first-order valence-corrected chi connectivity index (χ1v) is 8.99. The lowest BCUT2D eigenvalue weighted by Gasteiger charge is -2.13. The van der Waals surface area contributed by atoms with E-state index < -0.39 is 0 Å². The van der Waals surface area contributed by atoms with E-state index in [-0.39, 0.29) is 0 Å². The smallest absolute Gasteiger partial charge is 0.137 e. The van der Waals surface area contributed by atoms with Gasteiger partial charge in [0.2, 0.25) is 0 Å². The molecule has 2 aromatic rings. The lowest BCUT2D eigenvalue weighted by atomic mass is 10.0. The third-order valence-corrected chi connectivity index (χ3v) is 4.38. The zero-order valence-corrected chi connectivity index (χ0v) is 15.5. The molecule has 5 heteroatoms. The summed E-state index contributed by atoms with van der Waals surface area (Å²) in [5.74, 6) is 1.72. The molecule has 0 aliphatic heterocycles. The minimum absolute atomic E-state index is 0.476. The van der Waals surface area contributed by atoms with Crippen LogP contribution in [0.15, 0.2) is 24.5 Å². The Morgan fingerprint density at radius 3 is 2.79 bits per heavy atom. The van der Waals surface area contributed by atoms with Crippen LogP contribution < -0.4 is 10.1 Å². The second kappa shape index (κ2) is 9.48. The van der Waals surface area contributed by atoms with Gasteiger partial charge in [0.05, 0.1) is 6.54 Å². The van der Waals surface area contributed by atoms with Crippen LogP contribution in [0.4, 0.5) is 5.82 Å². The molecule has 1 N–H and O–H groups in total. The quantitative estimate of drug-likeness (QED) is 0.521. The number of hydrogen-bond acceptors (Lipinski definition) is 4. The summed E-state index contributed by atoms with van der Waals surface area (Å²) < 4.78 is 5.94. The summed E-state index contributed by atoms with van der Waals surface area (Å²) in [6.45, 7) is 7.51. The fraction of sp³-hybridized carbons (Fsp3) is 0.474. The summed E-state index contributed by atoms with van der Waals surface area (Å²) in [4.78, 5) is 8.15. The molecule has 0 spiro atoms. The van der Waals surface area contributed by atoms with Crippen molar-refractivity contribution < 1.29 is 4.74 Å². The number of ether oxygens (including phenoxy) is 1. The Bertz CT molecular complexity index is 661. The molecule has 24 heavy (non-hydrogen) atoms. The van der Waals surface area contributed by atoms with Crippen LogP contribution >= 0.6 is 11.6 Å². The van der Waals surface area contributed by atoms with Gasteiger partial charge in [-0.15, -0.1) is 0 Å². The topological polar surface area (TPSA) is 47.0 Å². The zero-order valence-electron chi connectivity index (χ0n) is 14.7. The minimum atomic E-state index is 0.476. The predicted octanol–water partition coefficient (Wildman–Crippen LogP) is 4.83. The molecule has 4 nitrogen and oxygen atoms in total. The van der Waals surface area contributed by atoms with Crippen LogP contribution in [0.5, 0.6) is 5.75 Å². The summed E-state index contributed by atoms with van der Waals surface area (Å²) in [6, 6.07) is 6.54. The summed E-state index contributed by atoms with van der Waals surface area (Å²) in [5.41, 5.74) is 3.52. The minimum Gasteiger partial charge on any atom is -0.491 e. The van der Waals surface area contributed by atoms with E-state index in [1.54, 1.807) is 0 Å².